The van der Waals surface area contributed by atoms with Crippen molar-refractivity contribution in [3.8, 4) is 0 Å². The Morgan fingerprint density at radius 3 is 2.50 bits per heavy atom. The highest BCUT2D eigenvalue weighted by Crippen LogP contribution is 2.21. The summed E-state index contributed by atoms with van der Waals surface area (Å²) in [5.74, 6) is -0.120. The van der Waals surface area contributed by atoms with Crippen molar-refractivity contribution in [3.63, 3.8) is 0 Å². The van der Waals surface area contributed by atoms with Crippen LogP contribution in [0.2, 0.25) is 0 Å². The van der Waals surface area contributed by atoms with E-state index in [1.54, 1.807) is 6.92 Å². The van der Waals surface area contributed by atoms with E-state index >= 15 is 0 Å². The van der Waals surface area contributed by atoms with Gasteiger partial charge in [-0.05, 0) is 37.0 Å². The largest absolute Gasteiger partial charge is 0.381 e. The van der Waals surface area contributed by atoms with E-state index in [0.29, 0.717) is 6.54 Å². The third kappa shape index (κ3) is 3.92. The van der Waals surface area contributed by atoms with E-state index < -0.39 is 5.60 Å². The molecule has 3 rings (SSSR count). The van der Waals surface area contributed by atoms with Gasteiger partial charge in [-0.25, -0.2) is 0 Å². The van der Waals surface area contributed by atoms with Gasteiger partial charge in [-0.3, -0.25) is 9.69 Å². The van der Waals surface area contributed by atoms with Gasteiger partial charge in [-0.2, -0.15) is 0 Å². The smallest absolute Gasteiger partial charge is 0.169 e. The molecule has 0 bridgehead atoms. The minimum atomic E-state index is -1.32. The molecule has 1 heterocycles. The van der Waals surface area contributed by atoms with E-state index in [2.05, 4.69) is 23.1 Å². The van der Waals surface area contributed by atoms with Crippen LogP contribution in [0.3, 0.4) is 0 Å². The zero-order chi connectivity index (χ0) is 17.2. The van der Waals surface area contributed by atoms with Crippen molar-refractivity contribution in [1.29, 1.82) is 0 Å². The lowest BCUT2D eigenvalue weighted by molar-refractivity contribution is -0.137. The third-order valence-corrected chi connectivity index (χ3v) is 4.83. The first-order valence-corrected chi connectivity index (χ1v) is 8.54. The maximum atomic E-state index is 12.6. The molecule has 0 spiro atoms. The Balaban J connectivity index is 1.63. The maximum absolute atomic E-state index is 12.6. The summed E-state index contributed by atoms with van der Waals surface area (Å²) in [6.45, 7) is 5.72. The Labute approximate surface area is 143 Å². The molecule has 3 nitrogen and oxygen atoms in total. The monoisotopic (exact) mass is 323 g/mol. The summed E-state index contributed by atoms with van der Waals surface area (Å²) in [5, 5.41) is 10.7. The number of rotatable bonds is 5. The van der Waals surface area contributed by atoms with Crippen LogP contribution in [0.15, 0.2) is 48.5 Å². The average molecular weight is 323 g/mol. The van der Waals surface area contributed by atoms with Crippen LogP contribution in [-0.4, -0.2) is 34.5 Å². The summed E-state index contributed by atoms with van der Waals surface area (Å²) in [6.07, 6.45) is 1.25. The molecule has 1 atom stereocenters. The molecule has 0 saturated heterocycles. The molecular formula is C21H25NO2. The molecule has 2 aromatic carbocycles. The fourth-order valence-electron chi connectivity index (χ4n) is 3.29. The predicted molar refractivity (Wildman–Crippen MR) is 95.9 cm³/mol. The molecule has 0 aromatic heterocycles. The number of nitrogens with zero attached hydrogens (tertiary/aromatic N) is 1. The Morgan fingerprint density at radius 2 is 1.79 bits per heavy atom. The second-order valence-corrected chi connectivity index (χ2v) is 7.09. The van der Waals surface area contributed by atoms with Gasteiger partial charge in [0.25, 0.3) is 0 Å². The molecule has 0 aliphatic carbocycles. The van der Waals surface area contributed by atoms with Gasteiger partial charge < -0.3 is 5.11 Å². The van der Waals surface area contributed by atoms with Gasteiger partial charge in [0.1, 0.15) is 5.60 Å². The van der Waals surface area contributed by atoms with Crippen molar-refractivity contribution in [3.05, 3.63) is 70.8 Å². The van der Waals surface area contributed by atoms with Crippen LogP contribution in [0.25, 0.3) is 0 Å². The van der Waals surface area contributed by atoms with Crippen LogP contribution in [0.5, 0.6) is 0 Å². The molecule has 1 aliphatic rings. The lowest BCUT2D eigenvalue weighted by atomic mass is 9.92. The van der Waals surface area contributed by atoms with Crippen molar-refractivity contribution in [2.45, 2.75) is 38.8 Å². The SMILES string of the molecule is Cc1ccc(CC(=O)[C@@](C)(O)CN2CCc3ccccc3C2)cc1. The molecule has 0 saturated carbocycles. The molecule has 0 fully saturated rings. The molecule has 2 aromatic rings. The number of aryl methyl sites for hydroxylation is 1. The highest BCUT2D eigenvalue weighted by Gasteiger charge is 2.33. The van der Waals surface area contributed by atoms with Crippen LogP contribution in [0.4, 0.5) is 0 Å². The molecule has 3 heteroatoms. The second-order valence-electron chi connectivity index (χ2n) is 7.09. The Hall–Kier alpha value is -1.97. The van der Waals surface area contributed by atoms with Crippen molar-refractivity contribution in [1.82, 2.24) is 4.90 Å². The Morgan fingerprint density at radius 1 is 1.12 bits per heavy atom. The number of benzene rings is 2. The number of aliphatic hydroxyl groups is 1. The number of Topliss-reactive ketones (excluding diaryl/α,β-unsaturated/α-hetero) is 1. The topological polar surface area (TPSA) is 40.5 Å². The summed E-state index contributed by atoms with van der Waals surface area (Å²) < 4.78 is 0. The number of carbonyl (C=O) groups excluding carboxylic acids is 1. The third-order valence-electron chi connectivity index (χ3n) is 4.83. The van der Waals surface area contributed by atoms with Crippen LogP contribution in [0.1, 0.15) is 29.2 Å². The molecule has 126 valence electrons. The molecule has 0 radical (unpaired) electrons. The number of hydrogen-bond donors (Lipinski definition) is 1. The van der Waals surface area contributed by atoms with E-state index in [4.69, 9.17) is 0 Å². The number of fused-ring (bicyclic) bond motifs is 1. The van der Waals surface area contributed by atoms with E-state index in [1.807, 2.05) is 37.3 Å². The second kappa shape index (κ2) is 6.88. The average Bonchev–Trinajstić information content (AvgIpc) is 2.56. The molecular weight excluding hydrogens is 298 g/mol. The van der Waals surface area contributed by atoms with Gasteiger partial charge >= 0.3 is 0 Å². The van der Waals surface area contributed by atoms with Gasteiger partial charge in [0.15, 0.2) is 5.78 Å². The fourth-order valence-corrected chi connectivity index (χ4v) is 3.29. The molecule has 0 amide bonds. The number of carbonyl (C=O) groups is 1. The lowest BCUT2D eigenvalue weighted by Crippen LogP contribution is -2.48. The minimum Gasteiger partial charge on any atom is -0.381 e. The molecule has 1 N–H and O–H groups in total. The highest BCUT2D eigenvalue weighted by molar-refractivity contribution is 5.88. The van der Waals surface area contributed by atoms with Crippen molar-refractivity contribution in [2.24, 2.45) is 0 Å². The van der Waals surface area contributed by atoms with Crippen LogP contribution in [0, 0.1) is 6.92 Å². The molecule has 0 unspecified atom stereocenters. The van der Waals surface area contributed by atoms with Crippen LogP contribution < -0.4 is 0 Å². The van der Waals surface area contributed by atoms with Gasteiger partial charge in [0.2, 0.25) is 0 Å². The Bertz CT molecular complexity index is 719. The fraction of sp³-hybridized carbons (Fsp3) is 0.381. The van der Waals surface area contributed by atoms with Gasteiger partial charge in [-0.1, -0.05) is 54.1 Å². The van der Waals surface area contributed by atoms with E-state index in [0.717, 1.165) is 25.1 Å². The first-order chi connectivity index (χ1) is 11.4. The van der Waals surface area contributed by atoms with Crippen molar-refractivity contribution >= 4 is 5.78 Å². The van der Waals surface area contributed by atoms with Gasteiger partial charge in [0, 0.05) is 26.1 Å². The summed E-state index contributed by atoms with van der Waals surface area (Å²) in [5.41, 5.74) is 3.47. The predicted octanol–water partition coefficient (Wildman–Crippen LogP) is 2.92. The molecule has 24 heavy (non-hydrogen) atoms. The standard InChI is InChI=1S/C21H25NO2/c1-16-7-9-17(10-8-16)13-20(23)21(2,24)15-22-12-11-18-5-3-4-6-19(18)14-22/h3-10,24H,11-15H2,1-2H3/t21-/m0/s1. The maximum Gasteiger partial charge on any atom is 0.169 e. The number of ketones is 1. The van der Waals surface area contributed by atoms with Crippen LogP contribution >= 0.6 is 0 Å². The van der Waals surface area contributed by atoms with E-state index in [-0.39, 0.29) is 12.2 Å². The summed E-state index contributed by atoms with van der Waals surface area (Å²) >= 11 is 0. The summed E-state index contributed by atoms with van der Waals surface area (Å²) in [4.78, 5) is 14.7. The van der Waals surface area contributed by atoms with Gasteiger partial charge in [0.05, 0.1) is 0 Å². The lowest BCUT2D eigenvalue weighted by Gasteiger charge is -2.34. The zero-order valence-electron chi connectivity index (χ0n) is 14.5. The highest BCUT2D eigenvalue weighted by atomic mass is 16.3. The number of hydrogen-bond acceptors (Lipinski definition) is 3. The Kier molecular flexibility index (Phi) is 4.83. The van der Waals surface area contributed by atoms with Crippen molar-refractivity contribution in [2.75, 3.05) is 13.1 Å². The number of β-amino-alcohol motifs (C(OH)–C–C–N with tert-alkyl or cyclic N) is 1. The zero-order valence-corrected chi connectivity index (χ0v) is 14.5. The summed E-state index contributed by atoms with van der Waals surface area (Å²) in [6, 6.07) is 16.3. The minimum absolute atomic E-state index is 0.120. The van der Waals surface area contributed by atoms with Crippen LogP contribution in [-0.2, 0) is 24.2 Å². The van der Waals surface area contributed by atoms with E-state index in [1.165, 1.54) is 16.7 Å². The normalized spacial score (nSPS) is 17.1. The van der Waals surface area contributed by atoms with Gasteiger partial charge in [-0.15, -0.1) is 0 Å². The van der Waals surface area contributed by atoms with E-state index in [9.17, 15) is 9.90 Å². The van der Waals surface area contributed by atoms with Crippen molar-refractivity contribution < 1.29 is 9.90 Å². The first kappa shape index (κ1) is 16.9. The molecule has 1 aliphatic heterocycles. The quantitative estimate of drug-likeness (QED) is 0.920. The first-order valence-electron chi connectivity index (χ1n) is 8.54. The summed E-state index contributed by atoms with van der Waals surface area (Å²) in [7, 11) is 0.